The van der Waals surface area contributed by atoms with Crippen LogP contribution in [0.15, 0.2) is 18.2 Å². The lowest BCUT2D eigenvalue weighted by Crippen LogP contribution is -2.87. The largest absolute Gasteiger partial charge is 0.337 e. The Morgan fingerprint density at radius 3 is 2.74 bits per heavy atom. The van der Waals surface area contributed by atoms with Crippen LogP contribution in [0.4, 0.5) is 0 Å². The van der Waals surface area contributed by atoms with Crippen LogP contribution in [0.2, 0.25) is 0 Å². The zero-order valence-electron chi connectivity index (χ0n) is 14.2. The molecule has 1 saturated carbocycles. The van der Waals surface area contributed by atoms with Crippen LogP contribution < -0.4 is 5.32 Å². The normalized spacial score (nSPS) is 25.3. The molecule has 2 aliphatic carbocycles. The van der Waals surface area contributed by atoms with E-state index < -0.39 is 0 Å². The molecule has 2 heterocycles. The van der Waals surface area contributed by atoms with Gasteiger partial charge in [-0.05, 0) is 61.3 Å². The molecule has 2 nitrogen and oxygen atoms in total. The summed E-state index contributed by atoms with van der Waals surface area (Å²) in [4.78, 5) is 0. The minimum Gasteiger partial charge on any atom is -0.337 e. The number of nitrogens with zero attached hydrogens (tertiary/aromatic N) is 1. The summed E-state index contributed by atoms with van der Waals surface area (Å²) in [5.41, 5.74) is 6.54. The first kappa shape index (κ1) is 14.1. The van der Waals surface area contributed by atoms with Crippen LogP contribution in [-0.2, 0) is 13.0 Å². The van der Waals surface area contributed by atoms with Crippen molar-refractivity contribution in [1.29, 1.82) is 0 Å². The first-order valence-corrected chi connectivity index (χ1v) is 9.90. The first-order chi connectivity index (χ1) is 11.4. The smallest absolute Gasteiger partial charge is 0.127 e. The highest BCUT2D eigenvalue weighted by atomic mass is 15.1. The maximum absolute atomic E-state index is 2.67. The summed E-state index contributed by atoms with van der Waals surface area (Å²) in [7, 11) is 0. The van der Waals surface area contributed by atoms with E-state index in [1.54, 1.807) is 22.2 Å². The van der Waals surface area contributed by atoms with E-state index in [-0.39, 0.29) is 0 Å². The van der Waals surface area contributed by atoms with Crippen LogP contribution in [0.1, 0.15) is 80.1 Å². The Morgan fingerprint density at radius 2 is 1.83 bits per heavy atom. The molecule has 2 aromatic rings. The molecule has 0 radical (unpaired) electrons. The molecule has 1 aliphatic heterocycles. The number of aryl methyl sites for hydroxylation is 1. The highest BCUT2D eigenvalue weighted by molar-refractivity contribution is 5.87. The second-order valence-corrected chi connectivity index (χ2v) is 8.00. The molecule has 0 spiro atoms. The summed E-state index contributed by atoms with van der Waals surface area (Å²) in [6, 6.07) is 8.23. The molecular formula is C21H29N2+. The zero-order valence-corrected chi connectivity index (χ0v) is 14.2. The van der Waals surface area contributed by atoms with Crippen molar-refractivity contribution in [2.75, 3.05) is 6.54 Å². The molecule has 1 aromatic carbocycles. The number of benzene rings is 1. The van der Waals surface area contributed by atoms with E-state index in [1.807, 2.05) is 0 Å². The first-order valence-electron chi connectivity index (χ1n) is 9.90. The van der Waals surface area contributed by atoms with Gasteiger partial charge in [-0.1, -0.05) is 25.3 Å². The Bertz CT molecular complexity index is 721. The van der Waals surface area contributed by atoms with E-state index in [2.05, 4.69) is 28.1 Å². The Labute approximate surface area is 139 Å². The van der Waals surface area contributed by atoms with Gasteiger partial charge in [-0.25, -0.2) is 0 Å². The summed E-state index contributed by atoms with van der Waals surface area (Å²) in [6.45, 7) is 2.45. The molecule has 0 amide bonds. The van der Waals surface area contributed by atoms with Crippen molar-refractivity contribution in [3.63, 3.8) is 0 Å². The molecule has 1 atom stereocenters. The third kappa shape index (κ3) is 2.26. The predicted molar refractivity (Wildman–Crippen MR) is 94.9 cm³/mol. The number of fused-ring (bicyclic) bond motifs is 3. The van der Waals surface area contributed by atoms with Crippen molar-refractivity contribution in [3.8, 4) is 0 Å². The topological polar surface area (TPSA) is 21.5 Å². The lowest BCUT2D eigenvalue weighted by atomic mass is 9.83. The molecule has 2 heteroatoms. The maximum Gasteiger partial charge on any atom is 0.127 e. The molecule has 0 unspecified atom stereocenters. The van der Waals surface area contributed by atoms with Crippen LogP contribution in [0.25, 0.3) is 10.9 Å². The van der Waals surface area contributed by atoms with Gasteiger partial charge in [0.2, 0.25) is 0 Å². The molecule has 122 valence electrons. The molecule has 3 aliphatic rings. The molecule has 0 bridgehead atoms. The monoisotopic (exact) mass is 309 g/mol. The van der Waals surface area contributed by atoms with Gasteiger partial charge in [0, 0.05) is 17.3 Å². The van der Waals surface area contributed by atoms with Crippen LogP contribution in [0.3, 0.4) is 0 Å². The summed E-state index contributed by atoms with van der Waals surface area (Å²) in [5.74, 6) is 0.824. The van der Waals surface area contributed by atoms with Crippen LogP contribution in [0, 0.1) is 0 Å². The lowest BCUT2D eigenvalue weighted by molar-refractivity contribution is -0.703. The predicted octanol–water partition coefficient (Wildman–Crippen LogP) is 4.03. The molecule has 5 rings (SSSR count). The fourth-order valence-corrected chi connectivity index (χ4v) is 5.52. The SMILES string of the molecule is c1cc2c(cc1C1CCCCC1)c1c3n2CC[NH2+][C@H]3CCCC1. The van der Waals surface area contributed by atoms with E-state index in [9.17, 15) is 0 Å². The third-order valence-electron chi connectivity index (χ3n) is 6.66. The minimum absolute atomic E-state index is 0.729. The average Bonchev–Trinajstić information content (AvgIpc) is 2.77. The van der Waals surface area contributed by atoms with Crippen molar-refractivity contribution in [2.45, 2.75) is 76.3 Å². The van der Waals surface area contributed by atoms with Gasteiger partial charge in [-0.2, -0.15) is 0 Å². The summed E-state index contributed by atoms with van der Waals surface area (Å²) < 4.78 is 2.67. The highest BCUT2D eigenvalue weighted by Gasteiger charge is 2.31. The van der Waals surface area contributed by atoms with Crippen molar-refractivity contribution in [1.82, 2.24) is 4.57 Å². The Morgan fingerprint density at radius 1 is 0.957 bits per heavy atom. The second-order valence-electron chi connectivity index (χ2n) is 8.00. The number of hydrogen-bond donors (Lipinski definition) is 1. The van der Waals surface area contributed by atoms with Gasteiger partial charge >= 0.3 is 0 Å². The number of aromatic nitrogens is 1. The van der Waals surface area contributed by atoms with Crippen LogP contribution in [0.5, 0.6) is 0 Å². The van der Waals surface area contributed by atoms with E-state index in [4.69, 9.17) is 0 Å². The molecular weight excluding hydrogens is 280 g/mol. The van der Waals surface area contributed by atoms with E-state index in [0.29, 0.717) is 0 Å². The fourth-order valence-electron chi connectivity index (χ4n) is 5.52. The van der Waals surface area contributed by atoms with E-state index in [0.717, 1.165) is 12.0 Å². The van der Waals surface area contributed by atoms with Gasteiger partial charge in [0.05, 0.1) is 18.8 Å². The number of hydrogen-bond acceptors (Lipinski definition) is 0. The number of rotatable bonds is 1. The van der Waals surface area contributed by atoms with Gasteiger partial charge in [0.1, 0.15) is 6.04 Å². The van der Waals surface area contributed by atoms with Crippen LogP contribution in [-0.4, -0.2) is 11.1 Å². The van der Waals surface area contributed by atoms with Crippen molar-refractivity contribution in [2.24, 2.45) is 0 Å². The third-order valence-corrected chi connectivity index (χ3v) is 6.66. The van der Waals surface area contributed by atoms with Gasteiger partial charge in [0.25, 0.3) is 0 Å². The molecule has 1 aromatic heterocycles. The quantitative estimate of drug-likeness (QED) is 0.821. The summed E-state index contributed by atoms with van der Waals surface area (Å²) >= 11 is 0. The van der Waals surface area contributed by atoms with E-state index >= 15 is 0 Å². The molecule has 23 heavy (non-hydrogen) atoms. The molecule has 2 N–H and O–H groups in total. The van der Waals surface area contributed by atoms with Gasteiger partial charge < -0.3 is 9.88 Å². The standard InChI is InChI=1S/C21H28N2/c1-2-6-15(7-3-1)16-10-11-20-18(14-16)17-8-4-5-9-19-21(17)23(20)13-12-22-19/h10-11,14-15,19,22H,1-9,12-13H2/p+1/t19-/m0/s1. The van der Waals surface area contributed by atoms with Gasteiger partial charge in [0.15, 0.2) is 0 Å². The van der Waals surface area contributed by atoms with Crippen molar-refractivity contribution < 1.29 is 5.32 Å². The molecule has 0 saturated heterocycles. The minimum atomic E-state index is 0.729. The van der Waals surface area contributed by atoms with Gasteiger partial charge in [-0.15, -0.1) is 0 Å². The molecule has 1 fully saturated rings. The van der Waals surface area contributed by atoms with Gasteiger partial charge in [-0.3, -0.25) is 0 Å². The Balaban J connectivity index is 1.66. The van der Waals surface area contributed by atoms with Crippen molar-refractivity contribution >= 4 is 10.9 Å². The Kier molecular flexibility index (Phi) is 3.47. The van der Waals surface area contributed by atoms with E-state index in [1.165, 1.54) is 76.4 Å². The highest BCUT2D eigenvalue weighted by Crippen LogP contribution is 2.39. The summed E-state index contributed by atoms with van der Waals surface area (Å²) in [5, 5.41) is 4.20. The lowest BCUT2D eigenvalue weighted by Gasteiger charge is -2.23. The fraction of sp³-hybridized carbons (Fsp3) is 0.619. The van der Waals surface area contributed by atoms with Crippen molar-refractivity contribution in [3.05, 3.63) is 35.0 Å². The second kappa shape index (κ2) is 5.66. The summed E-state index contributed by atoms with van der Waals surface area (Å²) in [6.07, 6.45) is 12.6. The zero-order chi connectivity index (χ0) is 15.2. The number of quaternary nitrogens is 1. The van der Waals surface area contributed by atoms with Crippen LogP contribution >= 0.6 is 0 Å². The Hall–Kier alpha value is -1.28. The average molecular weight is 309 g/mol. The maximum atomic E-state index is 2.67. The number of nitrogens with two attached hydrogens (primary N) is 1.